The second-order valence-corrected chi connectivity index (χ2v) is 5.41. The molecule has 1 atom stereocenters. The highest BCUT2D eigenvalue weighted by molar-refractivity contribution is 9.10. The molecule has 1 aromatic rings. The van der Waals surface area contributed by atoms with Gasteiger partial charge in [-0.3, -0.25) is 4.79 Å². The lowest BCUT2D eigenvalue weighted by molar-refractivity contribution is -0.133. The smallest absolute Gasteiger partial charge is 0.227 e. The van der Waals surface area contributed by atoms with Crippen LogP contribution in [0.25, 0.3) is 0 Å². The molecule has 0 aliphatic carbocycles. The van der Waals surface area contributed by atoms with Crippen LogP contribution >= 0.6 is 28.3 Å². The Hall–Kier alpha value is -0.650. The summed E-state index contributed by atoms with van der Waals surface area (Å²) < 4.78 is 13.6. The van der Waals surface area contributed by atoms with Crippen molar-refractivity contribution < 1.29 is 9.18 Å². The van der Waals surface area contributed by atoms with Crippen molar-refractivity contribution in [3.8, 4) is 0 Å². The van der Waals surface area contributed by atoms with Gasteiger partial charge in [0, 0.05) is 30.1 Å². The van der Waals surface area contributed by atoms with Crippen molar-refractivity contribution in [1.82, 2.24) is 10.2 Å². The minimum absolute atomic E-state index is 0. The second-order valence-electron chi connectivity index (χ2n) is 4.55. The summed E-state index contributed by atoms with van der Waals surface area (Å²) in [7, 11) is 0. The minimum Gasteiger partial charge on any atom is -0.337 e. The molecule has 1 saturated heterocycles. The van der Waals surface area contributed by atoms with Crippen molar-refractivity contribution in [1.29, 1.82) is 0 Å². The molecule has 1 N–H and O–H groups in total. The van der Waals surface area contributed by atoms with E-state index in [-0.39, 0.29) is 30.2 Å². The number of amides is 1. The monoisotopic (exact) mass is 350 g/mol. The van der Waals surface area contributed by atoms with Gasteiger partial charge in [-0.1, -0.05) is 22.0 Å². The predicted molar refractivity (Wildman–Crippen MR) is 79.1 cm³/mol. The molecule has 3 nitrogen and oxygen atoms in total. The van der Waals surface area contributed by atoms with E-state index < -0.39 is 0 Å². The summed E-state index contributed by atoms with van der Waals surface area (Å²) in [6, 6.07) is 4.65. The van der Waals surface area contributed by atoms with Crippen LogP contribution in [0.4, 0.5) is 4.39 Å². The molecule has 1 aliphatic rings. The summed E-state index contributed by atoms with van der Waals surface area (Å²) in [5, 5.41) is 3.25. The SMILES string of the molecule is C[C@H]1CNCCN1C(=O)Cc1ccc(F)cc1Br.Cl. The van der Waals surface area contributed by atoms with Gasteiger partial charge >= 0.3 is 0 Å². The van der Waals surface area contributed by atoms with Crippen molar-refractivity contribution in [2.45, 2.75) is 19.4 Å². The number of nitrogens with one attached hydrogen (secondary N) is 1. The number of benzene rings is 1. The molecule has 2 rings (SSSR count). The van der Waals surface area contributed by atoms with Gasteiger partial charge in [-0.25, -0.2) is 4.39 Å². The van der Waals surface area contributed by atoms with Gasteiger partial charge in [0.15, 0.2) is 0 Å². The average Bonchev–Trinajstić information content (AvgIpc) is 2.33. The zero-order valence-corrected chi connectivity index (χ0v) is 13.1. The summed E-state index contributed by atoms with van der Waals surface area (Å²) in [6.07, 6.45) is 0.311. The third-order valence-electron chi connectivity index (χ3n) is 3.18. The zero-order valence-electron chi connectivity index (χ0n) is 10.7. The van der Waals surface area contributed by atoms with Crippen molar-refractivity contribution in [3.05, 3.63) is 34.1 Å². The van der Waals surface area contributed by atoms with Crippen molar-refractivity contribution >= 4 is 34.2 Å². The molecule has 0 aromatic heterocycles. The molecule has 1 heterocycles. The lowest BCUT2D eigenvalue weighted by Crippen LogP contribution is -2.52. The average molecular weight is 352 g/mol. The first-order valence-electron chi connectivity index (χ1n) is 6.02. The second kappa shape index (κ2) is 7.22. The zero-order chi connectivity index (χ0) is 13.1. The number of nitrogens with zero attached hydrogens (tertiary/aromatic N) is 1. The van der Waals surface area contributed by atoms with E-state index in [4.69, 9.17) is 0 Å². The maximum absolute atomic E-state index is 13.0. The van der Waals surface area contributed by atoms with Crippen LogP contribution in [0.5, 0.6) is 0 Å². The van der Waals surface area contributed by atoms with Crippen molar-refractivity contribution in [2.24, 2.45) is 0 Å². The number of rotatable bonds is 2. The van der Waals surface area contributed by atoms with E-state index in [1.165, 1.54) is 12.1 Å². The van der Waals surface area contributed by atoms with Crippen LogP contribution in [-0.4, -0.2) is 36.5 Å². The summed E-state index contributed by atoms with van der Waals surface area (Å²) in [6.45, 7) is 4.43. The fourth-order valence-corrected chi connectivity index (χ4v) is 2.63. The molecule has 1 aromatic carbocycles. The molecule has 0 spiro atoms. The highest BCUT2D eigenvalue weighted by Crippen LogP contribution is 2.19. The van der Waals surface area contributed by atoms with Gasteiger partial charge in [-0.15, -0.1) is 12.4 Å². The molecule has 0 radical (unpaired) electrons. The number of hydrogen-bond donors (Lipinski definition) is 1. The van der Waals surface area contributed by atoms with E-state index in [0.29, 0.717) is 10.9 Å². The van der Waals surface area contributed by atoms with E-state index in [1.807, 2.05) is 11.8 Å². The lowest BCUT2D eigenvalue weighted by atomic mass is 10.1. The van der Waals surface area contributed by atoms with Crippen LogP contribution in [0.1, 0.15) is 12.5 Å². The Bertz CT molecular complexity index is 458. The van der Waals surface area contributed by atoms with Gasteiger partial charge in [-0.2, -0.15) is 0 Å². The predicted octanol–water partition coefficient (Wildman–Crippen LogP) is 2.37. The quantitative estimate of drug-likeness (QED) is 0.887. The molecule has 0 saturated carbocycles. The molecule has 106 valence electrons. The lowest BCUT2D eigenvalue weighted by Gasteiger charge is -2.34. The Labute approximate surface area is 127 Å². The number of carbonyl (C=O) groups is 1. The summed E-state index contributed by atoms with van der Waals surface area (Å²) in [5.74, 6) is -0.204. The summed E-state index contributed by atoms with van der Waals surface area (Å²) >= 11 is 3.29. The van der Waals surface area contributed by atoms with Gasteiger partial charge < -0.3 is 10.2 Å². The molecule has 6 heteroatoms. The molecule has 0 unspecified atom stereocenters. The molecular weight excluding hydrogens is 335 g/mol. The van der Waals surface area contributed by atoms with Gasteiger partial charge in [0.25, 0.3) is 0 Å². The van der Waals surface area contributed by atoms with E-state index in [9.17, 15) is 9.18 Å². The van der Waals surface area contributed by atoms with Crippen molar-refractivity contribution in [2.75, 3.05) is 19.6 Å². The summed E-state index contributed by atoms with van der Waals surface area (Å²) in [5.41, 5.74) is 0.826. The van der Waals surface area contributed by atoms with Gasteiger partial charge in [-0.05, 0) is 24.6 Å². The normalized spacial score (nSPS) is 18.9. The van der Waals surface area contributed by atoms with Crippen LogP contribution in [0.3, 0.4) is 0 Å². The highest BCUT2D eigenvalue weighted by atomic mass is 79.9. The Balaban J connectivity index is 0.00000180. The Morgan fingerprint density at radius 1 is 1.58 bits per heavy atom. The number of piperazine rings is 1. The van der Waals surface area contributed by atoms with Crippen LogP contribution < -0.4 is 5.32 Å². The van der Waals surface area contributed by atoms with Gasteiger partial charge in [0.1, 0.15) is 5.82 Å². The number of halogens is 3. The number of hydrogen-bond acceptors (Lipinski definition) is 2. The third kappa shape index (κ3) is 4.16. The standard InChI is InChI=1S/C13H16BrFN2O.ClH/c1-9-8-16-4-5-17(9)13(18)6-10-2-3-11(15)7-12(10)14;/h2-3,7,9,16H,4-6,8H2,1H3;1H/t9-;/m0./s1. The van der Waals surface area contributed by atoms with Crippen LogP contribution in [-0.2, 0) is 11.2 Å². The maximum Gasteiger partial charge on any atom is 0.227 e. The van der Waals surface area contributed by atoms with Gasteiger partial charge in [0.2, 0.25) is 5.91 Å². The molecule has 19 heavy (non-hydrogen) atoms. The molecule has 0 bridgehead atoms. The van der Waals surface area contributed by atoms with Gasteiger partial charge in [0.05, 0.1) is 6.42 Å². The minimum atomic E-state index is -0.298. The van der Waals surface area contributed by atoms with Crippen LogP contribution in [0, 0.1) is 5.82 Å². The number of carbonyl (C=O) groups excluding carboxylic acids is 1. The highest BCUT2D eigenvalue weighted by Gasteiger charge is 2.23. The fourth-order valence-electron chi connectivity index (χ4n) is 2.14. The first-order chi connectivity index (χ1) is 8.58. The Morgan fingerprint density at radius 2 is 2.32 bits per heavy atom. The largest absolute Gasteiger partial charge is 0.337 e. The first kappa shape index (κ1) is 16.4. The molecular formula is C13H17BrClFN2O. The topological polar surface area (TPSA) is 32.3 Å². The first-order valence-corrected chi connectivity index (χ1v) is 6.81. The molecule has 1 fully saturated rings. The Morgan fingerprint density at radius 3 is 2.95 bits per heavy atom. The summed E-state index contributed by atoms with van der Waals surface area (Å²) in [4.78, 5) is 14.1. The Kier molecular flexibility index (Phi) is 6.23. The van der Waals surface area contributed by atoms with E-state index in [1.54, 1.807) is 6.07 Å². The molecule has 1 aliphatic heterocycles. The van der Waals surface area contributed by atoms with E-state index in [2.05, 4.69) is 21.2 Å². The van der Waals surface area contributed by atoms with E-state index in [0.717, 1.165) is 25.2 Å². The van der Waals surface area contributed by atoms with Crippen molar-refractivity contribution in [3.63, 3.8) is 0 Å². The van der Waals surface area contributed by atoms with E-state index >= 15 is 0 Å². The van der Waals surface area contributed by atoms with Crippen LogP contribution in [0.15, 0.2) is 22.7 Å². The maximum atomic E-state index is 13.0. The third-order valence-corrected chi connectivity index (χ3v) is 3.92. The molecule has 1 amide bonds. The van der Waals surface area contributed by atoms with Crippen LogP contribution in [0.2, 0.25) is 0 Å². The fraction of sp³-hybridized carbons (Fsp3) is 0.462.